The molecule has 0 aliphatic rings. The summed E-state index contributed by atoms with van der Waals surface area (Å²) in [4.78, 5) is 9.88. The van der Waals surface area contributed by atoms with Crippen molar-refractivity contribution in [2.75, 3.05) is 17.3 Å². The van der Waals surface area contributed by atoms with Gasteiger partial charge in [0.1, 0.15) is 11.6 Å². The van der Waals surface area contributed by atoms with E-state index in [0.29, 0.717) is 17.0 Å². The fraction of sp³-hybridized carbons (Fsp3) is 0.333. The topological polar surface area (TPSA) is 63.8 Å². The summed E-state index contributed by atoms with van der Waals surface area (Å²) in [6.07, 6.45) is 2.92. The first-order chi connectivity index (χ1) is 8.67. The van der Waals surface area contributed by atoms with Crippen molar-refractivity contribution >= 4 is 34.7 Å². The second-order valence-electron chi connectivity index (χ2n) is 3.99. The molecule has 0 saturated carbocycles. The molecular formula is C12H16N4S2. The SMILES string of the molecule is CSc1nc(N)cc(NC(C)Cc2cccs2)n1. The minimum atomic E-state index is 0.313. The second-order valence-corrected chi connectivity index (χ2v) is 5.80. The van der Waals surface area contributed by atoms with Crippen LogP contribution in [-0.2, 0) is 6.42 Å². The molecule has 0 spiro atoms. The summed E-state index contributed by atoms with van der Waals surface area (Å²) >= 11 is 3.26. The number of nitrogens with zero attached hydrogens (tertiary/aromatic N) is 2. The smallest absolute Gasteiger partial charge is 0.191 e. The molecule has 0 aliphatic carbocycles. The molecule has 2 heterocycles. The second kappa shape index (κ2) is 6.06. The number of thioether (sulfide) groups is 1. The first-order valence-electron chi connectivity index (χ1n) is 5.65. The number of aromatic nitrogens is 2. The van der Waals surface area contributed by atoms with Gasteiger partial charge in [0.2, 0.25) is 0 Å². The van der Waals surface area contributed by atoms with Gasteiger partial charge in [0, 0.05) is 23.4 Å². The molecule has 0 amide bonds. The van der Waals surface area contributed by atoms with Gasteiger partial charge in [-0.25, -0.2) is 9.97 Å². The lowest BCUT2D eigenvalue weighted by molar-refractivity contribution is 0.787. The average Bonchev–Trinajstić information content (AvgIpc) is 2.80. The van der Waals surface area contributed by atoms with E-state index in [1.165, 1.54) is 16.6 Å². The Morgan fingerprint density at radius 3 is 3.00 bits per heavy atom. The molecule has 18 heavy (non-hydrogen) atoms. The fourth-order valence-electron chi connectivity index (χ4n) is 1.64. The van der Waals surface area contributed by atoms with E-state index >= 15 is 0 Å². The molecule has 0 bridgehead atoms. The van der Waals surface area contributed by atoms with Crippen molar-refractivity contribution in [2.45, 2.75) is 24.5 Å². The highest BCUT2D eigenvalue weighted by molar-refractivity contribution is 7.98. The van der Waals surface area contributed by atoms with Crippen molar-refractivity contribution in [3.63, 3.8) is 0 Å². The lowest BCUT2D eigenvalue weighted by Gasteiger charge is -2.14. The summed E-state index contributed by atoms with van der Waals surface area (Å²) in [7, 11) is 0. The maximum absolute atomic E-state index is 5.74. The average molecular weight is 280 g/mol. The van der Waals surface area contributed by atoms with Crippen LogP contribution in [0.25, 0.3) is 0 Å². The molecule has 2 aromatic rings. The van der Waals surface area contributed by atoms with Crippen LogP contribution < -0.4 is 11.1 Å². The summed E-state index contributed by atoms with van der Waals surface area (Å²) in [5, 5.41) is 6.15. The molecule has 0 aliphatic heterocycles. The Bertz CT molecular complexity index is 499. The molecule has 4 nitrogen and oxygen atoms in total. The van der Waals surface area contributed by atoms with Crippen LogP contribution in [-0.4, -0.2) is 22.3 Å². The summed E-state index contributed by atoms with van der Waals surface area (Å²) in [5.41, 5.74) is 5.74. The molecule has 2 rings (SSSR count). The summed E-state index contributed by atoms with van der Waals surface area (Å²) < 4.78 is 0. The molecule has 3 N–H and O–H groups in total. The van der Waals surface area contributed by atoms with Crippen LogP contribution >= 0.6 is 23.1 Å². The van der Waals surface area contributed by atoms with E-state index in [1.54, 1.807) is 17.4 Å². The molecule has 2 aromatic heterocycles. The number of rotatable bonds is 5. The minimum absolute atomic E-state index is 0.313. The van der Waals surface area contributed by atoms with Crippen molar-refractivity contribution in [1.82, 2.24) is 9.97 Å². The molecular weight excluding hydrogens is 264 g/mol. The third-order valence-electron chi connectivity index (χ3n) is 2.39. The third-order valence-corrected chi connectivity index (χ3v) is 3.84. The standard InChI is InChI=1S/C12H16N4S2/c1-8(6-9-4-3-5-18-9)14-11-7-10(13)15-12(16-11)17-2/h3-5,7-8H,6H2,1-2H3,(H3,13,14,15,16). The molecule has 96 valence electrons. The van der Waals surface area contributed by atoms with Crippen LogP contribution in [0, 0.1) is 0 Å². The predicted molar refractivity (Wildman–Crippen MR) is 79.3 cm³/mol. The van der Waals surface area contributed by atoms with Crippen LogP contribution in [0.2, 0.25) is 0 Å². The largest absolute Gasteiger partial charge is 0.383 e. The van der Waals surface area contributed by atoms with Crippen LogP contribution in [0.15, 0.2) is 28.7 Å². The highest BCUT2D eigenvalue weighted by Crippen LogP contribution is 2.17. The predicted octanol–water partition coefficient (Wildman–Crippen LogP) is 2.89. The Morgan fingerprint density at radius 1 is 1.50 bits per heavy atom. The molecule has 0 saturated heterocycles. The molecule has 1 atom stereocenters. The zero-order valence-electron chi connectivity index (χ0n) is 10.4. The van der Waals surface area contributed by atoms with Crippen LogP contribution in [0.4, 0.5) is 11.6 Å². The Balaban J connectivity index is 2.02. The summed E-state index contributed by atoms with van der Waals surface area (Å²) in [6.45, 7) is 2.14. The first-order valence-corrected chi connectivity index (χ1v) is 7.75. The minimum Gasteiger partial charge on any atom is -0.383 e. The van der Waals surface area contributed by atoms with Gasteiger partial charge in [-0.3, -0.25) is 0 Å². The zero-order valence-corrected chi connectivity index (χ0v) is 12.0. The van der Waals surface area contributed by atoms with E-state index in [4.69, 9.17) is 5.73 Å². The van der Waals surface area contributed by atoms with Crippen molar-refractivity contribution in [3.05, 3.63) is 28.5 Å². The van der Waals surface area contributed by atoms with E-state index in [9.17, 15) is 0 Å². The van der Waals surface area contributed by atoms with Crippen LogP contribution in [0.1, 0.15) is 11.8 Å². The van der Waals surface area contributed by atoms with Gasteiger partial charge in [0.15, 0.2) is 5.16 Å². The van der Waals surface area contributed by atoms with Gasteiger partial charge in [0.25, 0.3) is 0 Å². The summed E-state index contributed by atoms with van der Waals surface area (Å²) in [6, 6.07) is 6.30. The summed E-state index contributed by atoms with van der Waals surface area (Å²) in [5.74, 6) is 1.29. The normalized spacial score (nSPS) is 12.3. The van der Waals surface area contributed by atoms with Gasteiger partial charge in [0.05, 0.1) is 0 Å². The van der Waals surface area contributed by atoms with Crippen molar-refractivity contribution in [2.24, 2.45) is 0 Å². The zero-order chi connectivity index (χ0) is 13.0. The van der Waals surface area contributed by atoms with Crippen molar-refractivity contribution in [1.29, 1.82) is 0 Å². The number of hydrogen-bond acceptors (Lipinski definition) is 6. The van der Waals surface area contributed by atoms with Gasteiger partial charge >= 0.3 is 0 Å². The first kappa shape index (κ1) is 13.2. The maximum atomic E-state index is 5.74. The highest BCUT2D eigenvalue weighted by atomic mass is 32.2. The lowest BCUT2D eigenvalue weighted by atomic mass is 10.2. The van der Waals surface area contributed by atoms with Crippen LogP contribution in [0.5, 0.6) is 0 Å². The Morgan fingerprint density at radius 2 is 2.33 bits per heavy atom. The number of nitrogens with two attached hydrogens (primary N) is 1. The number of thiophene rings is 1. The van der Waals surface area contributed by atoms with Gasteiger partial charge in [-0.05, 0) is 24.6 Å². The number of nitrogen functional groups attached to an aromatic ring is 1. The lowest BCUT2D eigenvalue weighted by Crippen LogP contribution is -2.18. The number of hydrogen-bond donors (Lipinski definition) is 2. The van der Waals surface area contributed by atoms with Gasteiger partial charge in [-0.1, -0.05) is 17.8 Å². The molecule has 0 fully saturated rings. The number of anilines is 2. The van der Waals surface area contributed by atoms with Crippen molar-refractivity contribution < 1.29 is 0 Å². The Hall–Kier alpha value is -1.27. The quantitative estimate of drug-likeness (QED) is 0.651. The van der Waals surface area contributed by atoms with Crippen molar-refractivity contribution in [3.8, 4) is 0 Å². The molecule has 6 heteroatoms. The van der Waals surface area contributed by atoms with E-state index in [1.807, 2.05) is 6.26 Å². The molecule has 1 unspecified atom stereocenters. The van der Waals surface area contributed by atoms with Gasteiger partial charge in [-0.15, -0.1) is 11.3 Å². The third kappa shape index (κ3) is 3.61. The van der Waals surface area contributed by atoms with E-state index in [-0.39, 0.29) is 0 Å². The maximum Gasteiger partial charge on any atom is 0.191 e. The molecule has 0 aromatic carbocycles. The van der Waals surface area contributed by atoms with Gasteiger partial charge in [-0.2, -0.15) is 0 Å². The molecule has 0 radical (unpaired) electrons. The Labute approximate surface area is 115 Å². The van der Waals surface area contributed by atoms with E-state index in [0.717, 1.165) is 12.2 Å². The fourth-order valence-corrected chi connectivity index (χ4v) is 2.86. The van der Waals surface area contributed by atoms with E-state index in [2.05, 4.69) is 39.7 Å². The highest BCUT2D eigenvalue weighted by Gasteiger charge is 2.07. The monoisotopic (exact) mass is 280 g/mol. The number of nitrogens with one attached hydrogen (secondary N) is 1. The van der Waals surface area contributed by atoms with Gasteiger partial charge < -0.3 is 11.1 Å². The Kier molecular flexibility index (Phi) is 4.43. The van der Waals surface area contributed by atoms with Crippen LogP contribution in [0.3, 0.4) is 0 Å². The van der Waals surface area contributed by atoms with E-state index < -0.39 is 0 Å².